The summed E-state index contributed by atoms with van der Waals surface area (Å²) in [5.74, 6) is 1.23. The average molecular weight is 184 g/mol. The Labute approximate surface area is 78.0 Å². The molecule has 0 amide bonds. The lowest BCUT2D eigenvalue weighted by molar-refractivity contribution is 0.289. The van der Waals surface area contributed by atoms with Crippen LogP contribution in [0, 0.1) is 5.41 Å². The molecule has 1 aromatic rings. The van der Waals surface area contributed by atoms with Crippen molar-refractivity contribution < 1.29 is 9.63 Å². The Bertz CT molecular complexity index is 263. The summed E-state index contributed by atoms with van der Waals surface area (Å²) in [7, 11) is 0. The molecule has 1 aromatic heterocycles. The maximum Gasteiger partial charge on any atom is 0.227 e. The van der Waals surface area contributed by atoms with Gasteiger partial charge < -0.3 is 9.63 Å². The van der Waals surface area contributed by atoms with Crippen molar-refractivity contribution in [2.75, 3.05) is 6.61 Å². The Balaban J connectivity index is 2.59. The average Bonchev–Trinajstić information content (AvgIpc) is 2.33. The van der Waals surface area contributed by atoms with Gasteiger partial charge in [-0.05, 0) is 5.41 Å². The van der Waals surface area contributed by atoms with E-state index in [2.05, 4.69) is 30.9 Å². The molecule has 4 heteroatoms. The minimum Gasteiger partial charge on any atom is -0.396 e. The van der Waals surface area contributed by atoms with E-state index < -0.39 is 0 Å². The lowest BCUT2D eigenvalue weighted by Gasteiger charge is -2.13. The van der Waals surface area contributed by atoms with Gasteiger partial charge in [0.1, 0.15) is 0 Å². The molecule has 1 heterocycles. The maximum absolute atomic E-state index is 8.64. The third-order valence-corrected chi connectivity index (χ3v) is 1.53. The molecular formula is C9H16N2O2. The van der Waals surface area contributed by atoms with Crippen molar-refractivity contribution in [3.05, 3.63) is 11.7 Å². The molecule has 0 unspecified atom stereocenters. The van der Waals surface area contributed by atoms with Crippen LogP contribution in [0.3, 0.4) is 0 Å². The molecule has 74 valence electrons. The molecule has 0 aliphatic carbocycles. The molecule has 4 nitrogen and oxygen atoms in total. The number of aromatic nitrogens is 2. The van der Waals surface area contributed by atoms with E-state index in [1.54, 1.807) is 0 Å². The van der Waals surface area contributed by atoms with Crippen molar-refractivity contribution >= 4 is 0 Å². The van der Waals surface area contributed by atoms with Gasteiger partial charge in [0.25, 0.3) is 0 Å². The standard InChI is InChI=1S/C9H16N2O2/c1-9(2,3)6-8-10-7(4-5-12)11-13-8/h12H,4-6H2,1-3H3. The smallest absolute Gasteiger partial charge is 0.227 e. The lowest BCUT2D eigenvalue weighted by atomic mass is 9.92. The van der Waals surface area contributed by atoms with Crippen molar-refractivity contribution in [3.8, 4) is 0 Å². The van der Waals surface area contributed by atoms with Crippen LogP contribution in [0.2, 0.25) is 0 Å². The van der Waals surface area contributed by atoms with Crippen molar-refractivity contribution in [2.45, 2.75) is 33.6 Å². The van der Waals surface area contributed by atoms with Crippen molar-refractivity contribution in [3.63, 3.8) is 0 Å². The number of aliphatic hydroxyl groups is 1. The molecule has 0 radical (unpaired) electrons. The maximum atomic E-state index is 8.64. The fourth-order valence-electron chi connectivity index (χ4n) is 1.02. The van der Waals surface area contributed by atoms with Crippen LogP contribution < -0.4 is 0 Å². The van der Waals surface area contributed by atoms with Gasteiger partial charge in [-0.2, -0.15) is 4.98 Å². The molecule has 1 rings (SSSR count). The van der Waals surface area contributed by atoms with E-state index in [0.717, 1.165) is 6.42 Å². The van der Waals surface area contributed by atoms with E-state index in [4.69, 9.17) is 9.63 Å². The minimum absolute atomic E-state index is 0.0640. The molecule has 0 saturated carbocycles. The fourth-order valence-corrected chi connectivity index (χ4v) is 1.02. The minimum atomic E-state index is 0.0640. The SMILES string of the molecule is CC(C)(C)Cc1nc(CCO)no1. The van der Waals surface area contributed by atoms with Crippen LogP contribution in [0.15, 0.2) is 4.52 Å². The van der Waals surface area contributed by atoms with Crippen LogP contribution in [0.5, 0.6) is 0 Å². The topological polar surface area (TPSA) is 59.2 Å². The number of nitrogens with zero attached hydrogens (tertiary/aromatic N) is 2. The van der Waals surface area contributed by atoms with Crippen molar-refractivity contribution in [2.24, 2.45) is 5.41 Å². The Morgan fingerprint density at radius 2 is 2.08 bits per heavy atom. The quantitative estimate of drug-likeness (QED) is 0.766. The molecule has 0 aromatic carbocycles. The molecule has 0 atom stereocenters. The zero-order valence-corrected chi connectivity index (χ0v) is 8.37. The third kappa shape index (κ3) is 3.55. The summed E-state index contributed by atoms with van der Waals surface area (Å²) >= 11 is 0. The highest BCUT2D eigenvalue weighted by Gasteiger charge is 2.16. The predicted molar refractivity (Wildman–Crippen MR) is 48.2 cm³/mol. The molecule has 0 aliphatic heterocycles. The Kier molecular flexibility index (Phi) is 3.03. The first kappa shape index (κ1) is 10.2. The summed E-state index contributed by atoms with van der Waals surface area (Å²) in [6.07, 6.45) is 1.24. The summed E-state index contributed by atoms with van der Waals surface area (Å²) in [6, 6.07) is 0. The molecule has 13 heavy (non-hydrogen) atoms. The molecule has 0 saturated heterocycles. The van der Waals surface area contributed by atoms with Gasteiger partial charge in [-0.15, -0.1) is 0 Å². The van der Waals surface area contributed by atoms with Crippen molar-refractivity contribution in [1.29, 1.82) is 0 Å². The monoisotopic (exact) mass is 184 g/mol. The Morgan fingerprint density at radius 3 is 2.62 bits per heavy atom. The van der Waals surface area contributed by atoms with Crippen LogP contribution >= 0.6 is 0 Å². The van der Waals surface area contributed by atoms with Gasteiger partial charge in [-0.1, -0.05) is 25.9 Å². The van der Waals surface area contributed by atoms with E-state index in [0.29, 0.717) is 18.1 Å². The van der Waals surface area contributed by atoms with E-state index >= 15 is 0 Å². The first-order chi connectivity index (χ1) is 6.01. The lowest BCUT2D eigenvalue weighted by Crippen LogP contribution is -2.09. The Morgan fingerprint density at radius 1 is 1.38 bits per heavy atom. The van der Waals surface area contributed by atoms with Gasteiger partial charge in [-0.3, -0.25) is 0 Å². The van der Waals surface area contributed by atoms with E-state index in [-0.39, 0.29) is 12.0 Å². The molecular weight excluding hydrogens is 168 g/mol. The molecule has 0 aliphatic rings. The van der Waals surface area contributed by atoms with E-state index in [1.165, 1.54) is 0 Å². The van der Waals surface area contributed by atoms with Gasteiger partial charge >= 0.3 is 0 Å². The second kappa shape index (κ2) is 3.87. The summed E-state index contributed by atoms with van der Waals surface area (Å²) in [4.78, 5) is 4.15. The van der Waals surface area contributed by atoms with Gasteiger partial charge in [-0.25, -0.2) is 0 Å². The molecule has 0 spiro atoms. The summed E-state index contributed by atoms with van der Waals surface area (Å²) in [5, 5.41) is 12.4. The Hall–Kier alpha value is -0.900. The van der Waals surface area contributed by atoms with Crippen LogP contribution in [-0.2, 0) is 12.8 Å². The zero-order chi connectivity index (χ0) is 9.90. The van der Waals surface area contributed by atoms with E-state index in [9.17, 15) is 0 Å². The highest BCUT2D eigenvalue weighted by atomic mass is 16.5. The summed E-state index contributed by atoms with van der Waals surface area (Å²) < 4.78 is 5.02. The molecule has 1 N–H and O–H groups in total. The second-order valence-electron chi connectivity index (χ2n) is 4.32. The largest absolute Gasteiger partial charge is 0.396 e. The fraction of sp³-hybridized carbons (Fsp3) is 0.778. The summed E-state index contributed by atoms with van der Waals surface area (Å²) in [6.45, 7) is 6.41. The second-order valence-corrected chi connectivity index (χ2v) is 4.32. The number of aliphatic hydroxyl groups excluding tert-OH is 1. The first-order valence-electron chi connectivity index (χ1n) is 4.43. The van der Waals surface area contributed by atoms with Gasteiger partial charge in [0.15, 0.2) is 5.82 Å². The van der Waals surface area contributed by atoms with Crippen LogP contribution in [-0.4, -0.2) is 21.9 Å². The van der Waals surface area contributed by atoms with Gasteiger partial charge in [0.05, 0.1) is 6.61 Å². The zero-order valence-electron chi connectivity index (χ0n) is 8.37. The van der Waals surface area contributed by atoms with Crippen LogP contribution in [0.4, 0.5) is 0 Å². The number of hydrogen-bond acceptors (Lipinski definition) is 4. The third-order valence-electron chi connectivity index (χ3n) is 1.53. The highest BCUT2D eigenvalue weighted by Crippen LogP contribution is 2.19. The predicted octanol–water partition coefficient (Wildman–Crippen LogP) is 1.19. The van der Waals surface area contributed by atoms with E-state index in [1.807, 2.05) is 0 Å². The number of hydrogen-bond donors (Lipinski definition) is 1. The molecule has 0 fully saturated rings. The number of rotatable bonds is 3. The van der Waals surface area contributed by atoms with Crippen LogP contribution in [0.25, 0.3) is 0 Å². The van der Waals surface area contributed by atoms with Crippen LogP contribution in [0.1, 0.15) is 32.5 Å². The van der Waals surface area contributed by atoms with Gasteiger partial charge in [0, 0.05) is 12.8 Å². The highest BCUT2D eigenvalue weighted by molar-refractivity contribution is 4.89. The first-order valence-corrected chi connectivity index (χ1v) is 4.43. The normalized spacial score (nSPS) is 12.0. The van der Waals surface area contributed by atoms with Gasteiger partial charge in [0.2, 0.25) is 5.89 Å². The summed E-state index contributed by atoms with van der Waals surface area (Å²) in [5.41, 5.74) is 0.156. The molecule has 0 bridgehead atoms. The van der Waals surface area contributed by atoms with Crippen molar-refractivity contribution in [1.82, 2.24) is 10.1 Å².